The third-order valence-electron chi connectivity index (χ3n) is 4.65. The molecular formula is C18H21N3O3. The third-order valence-corrected chi connectivity index (χ3v) is 4.65. The lowest BCUT2D eigenvalue weighted by Crippen LogP contribution is -2.66. The van der Waals surface area contributed by atoms with Gasteiger partial charge in [-0.15, -0.1) is 0 Å². The molecule has 1 aliphatic carbocycles. The summed E-state index contributed by atoms with van der Waals surface area (Å²) in [6.07, 6.45) is -0.276. The molecule has 6 heteroatoms. The first kappa shape index (κ1) is 16.3. The van der Waals surface area contributed by atoms with Crippen LogP contribution < -0.4 is 11.1 Å². The maximum absolute atomic E-state index is 12.4. The number of carbonyl (C=O) groups is 2. The van der Waals surface area contributed by atoms with Crippen molar-refractivity contribution >= 4 is 11.8 Å². The number of aromatic nitrogens is 1. The summed E-state index contributed by atoms with van der Waals surface area (Å²) in [6.45, 7) is 4.04. The molecule has 24 heavy (non-hydrogen) atoms. The van der Waals surface area contributed by atoms with Gasteiger partial charge in [0, 0.05) is 35.5 Å². The molecule has 0 aliphatic heterocycles. The average molecular weight is 327 g/mol. The van der Waals surface area contributed by atoms with Gasteiger partial charge in [0.1, 0.15) is 5.54 Å². The van der Waals surface area contributed by atoms with Crippen LogP contribution in [0.15, 0.2) is 36.4 Å². The molecular weight excluding hydrogens is 306 g/mol. The maximum Gasteiger partial charge on any atom is 0.252 e. The number of aliphatic hydroxyl groups is 1. The standard InChI is InChI=1S/C18H21N3O3/c1-11-3-4-12(2)21(11)14-7-5-13(6-8-14)16(23)20-18(17(19)24)9-15(22)10-18/h3-8,15,22H,9-10H2,1-2H3,(H2,19,24)(H,20,23). The minimum absolute atomic E-state index is 0.161. The van der Waals surface area contributed by atoms with Crippen molar-refractivity contribution in [3.05, 3.63) is 53.3 Å². The predicted molar refractivity (Wildman–Crippen MR) is 89.9 cm³/mol. The molecule has 0 radical (unpaired) electrons. The average Bonchev–Trinajstić information content (AvgIpc) is 2.84. The van der Waals surface area contributed by atoms with Crippen LogP contribution in [0.25, 0.3) is 5.69 Å². The minimum Gasteiger partial charge on any atom is -0.393 e. The van der Waals surface area contributed by atoms with E-state index in [4.69, 9.17) is 5.73 Å². The third kappa shape index (κ3) is 2.69. The van der Waals surface area contributed by atoms with Gasteiger partial charge in [0.05, 0.1) is 6.10 Å². The van der Waals surface area contributed by atoms with Gasteiger partial charge in [-0.05, 0) is 50.2 Å². The normalized spacial score (nSPS) is 22.7. The van der Waals surface area contributed by atoms with Crippen LogP contribution >= 0.6 is 0 Å². The number of nitrogens with one attached hydrogen (secondary N) is 1. The molecule has 126 valence electrons. The number of hydrogen-bond acceptors (Lipinski definition) is 3. The zero-order valence-electron chi connectivity index (χ0n) is 13.7. The topological polar surface area (TPSA) is 97.4 Å². The van der Waals surface area contributed by atoms with Gasteiger partial charge in [0.15, 0.2) is 0 Å². The molecule has 3 rings (SSSR count). The van der Waals surface area contributed by atoms with Gasteiger partial charge < -0.3 is 20.7 Å². The fourth-order valence-corrected chi connectivity index (χ4v) is 3.24. The fraction of sp³-hybridized carbons (Fsp3) is 0.333. The van der Waals surface area contributed by atoms with E-state index in [1.54, 1.807) is 12.1 Å². The van der Waals surface area contributed by atoms with E-state index >= 15 is 0 Å². The first-order chi connectivity index (χ1) is 11.3. The van der Waals surface area contributed by atoms with Crippen LogP contribution in [-0.4, -0.2) is 33.1 Å². The number of nitrogens with zero attached hydrogens (tertiary/aromatic N) is 1. The number of aryl methyl sites for hydroxylation is 2. The second-order valence-corrected chi connectivity index (χ2v) is 6.46. The van der Waals surface area contributed by atoms with Crippen molar-refractivity contribution < 1.29 is 14.7 Å². The molecule has 0 spiro atoms. The Labute approximate surface area is 140 Å². The zero-order valence-corrected chi connectivity index (χ0v) is 13.7. The molecule has 1 aromatic heterocycles. The van der Waals surface area contributed by atoms with Crippen LogP contribution in [0.3, 0.4) is 0 Å². The number of nitrogens with two attached hydrogens (primary N) is 1. The van der Waals surface area contributed by atoms with Gasteiger partial charge in [-0.2, -0.15) is 0 Å². The van der Waals surface area contributed by atoms with Gasteiger partial charge in [0.25, 0.3) is 5.91 Å². The van der Waals surface area contributed by atoms with Crippen LogP contribution in [0.1, 0.15) is 34.6 Å². The van der Waals surface area contributed by atoms with Crippen LogP contribution in [0, 0.1) is 13.8 Å². The summed E-state index contributed by atoms with van der Waals surface area (Å²) in [4.78, 5) is 24.0. The number of carbonyl (C=O) groups excluding carboxylic acids is 2. The van der Waals surface area contributed by atoms with Crippen LogP contribution in [0.2, 0.25) is 0 Å². The summed E-state index contributed by atoms with van der Waals surface area (Å²) in [5.41, 5.74) is 7.88. The van der Waals surface area contributed by atoms with E-state index < -0.39 is 17.6 Å². The quantitative estimate of drug-likeness (QED) is 0.787. The Morgan fingerprint density at radius 2 is 1.67 bits per heavy atom. The Hall–Kier alpha value is -2.60. The number of rotatable bonds is 4. The van der Waals surface area contributed by atoms with Crippen molar-refractivity contribution in [1.82, 2.24) is 9.88 Å². The van der Waals surface area contributed by atoms with E-state index in [9.17, 15) is 14.7 Å². The number of benzene rings is 1. The summed E-state index contributed by atoms with van der Waals surface area (Å²) in [5, 5.41) is 12.1. The maximum atomic E-state index is 12.4. The SMILES string of the molecule is Cc1ccc(C)n1-c1ccc(C(=O)NC2(C(N)=O)CC(O)C2)cc1. The molecule has 0 unspecified atom stereocenters. The van der Waals surface area contributed by atoms with Gasteiger partial charge >= 0.3 is 0 Å². The Morgan fingerprint density at radius 3 is 2.12 bits per heavy atom. The molecule has 1 saturated carbocycles. The van der Waals surface area contributed by atoms with E-state index in [-0.39, 0.29) is 18.7 Å². The van der Waals surface area contributed by atoms with Gasteiger partial charge in [0.2, 0.25) is 5.91 Å². The van der Waals surface area contributed by atoms with E-state index in [1.807, 2.05) is 38.1 Å². The number of aliphatic hydroxyl groups excluding tert-OH is 1. The van der Waals surface area contributed by atoms with Gasteiger partial charge in [-0.25, -0.2) is 0 Å². The molecule has 2 aromatic rings. The van der Waals surface area contributed by atoms with Crippen molar-refractivity contribution in [2.24, 2.45) is 5.73 Å². The number of hydrogen-bond donors (Lipinski definition) is 3. The van der Waals surface area contributed by atoms with Crippen LogP contribution in [-0.2, 0) is 4.79 Å². The highest BCUT2D eigenvalue weighted by Gasteiger charge is 2.49. The summed E-state index contributed by atoms with van der Waals surface area (Å²) < 4.78 is 2.09. The highest BCUT2D eigenvalue weighted by Crippen LogP contribution is 2.32. The molecule has 1 aromatic carbocycles. The van der Waals surface area contributed by atoms with Crippen molar-refractivity contribution in [2.45, 2.75) is 38.3 Å². The summed E-state index contributed by atoms with van der Waals surface area (Å²) in [7, 11) is 0. The highest BCUT2D eigenvalue weighted by atomic mass is 16.3. The van der Waals surface area contributed by atoms with Gasteiger partial charge in [-0.3, -0.25) is 9.59 Å². The smallest absolute Gasteiger partial charge is 0.252 e. The van der Waals surface area contributed by atoms with E-state index in [0.29, 0.717) is 5.56 Å². The molecule has 1 aliphatic rings. The van der Waals surface area contributed by atoms with Crippen LogP contribution in [0.4, 0.5) is 0 Å². The van der Waals surface area contributed by atoms with Gasteiger partial charge in [-0.1, -0.05) is 0 Å². The van der Waals surface area contributed by atoms with E-state index in [0.717, 1.165) is 17.1 Å². The molecule has 4 N–H and O–H groups in total. The summed E-state index contributed by atoms with van der Waals surface area (Å²) in [5.74, 6) is -0.982. The molecule has 6 nitrogen and oxygen atoms in total. The minimum atomic E-state index is -1.14. The molecule has 1 fully saturated rings. The van der Waals surface area contributed by atoms with E-state index in [2.05, 4.69) is 9.88 Å². The van der Waals surface area contributed by atoms with Crippen molar-refractivity contribution in [3.63, 3.8) is 0 Å². The van der Waals surface area contributed by atoms with Crippen molar-refractivity contribution in [2.75, 3.05) is 0 Å². The summed E-state index contributed by atoms with van der Waals surface area (Å²) in [6, 6.07) is 11.2. The highest BCUT2D eigenvalue weighted by molar-refractivity contribution is 5.99. The Morgan fingerprint density at radius 1 is 1.12 bits per heavy atom. The molecule has 0 atom stereocenters. The Balaban J connectivity index is 1.79. The molecule has 0 saturated heterocycles. The Bertz CT molecular complexity index is 767. The first-order valence-corrected chi connectivity index (χ1v) is 7.88. The molecule has 2 amide bonds. The van der Waals surface area contributed by atoms with Crippen molar-refractivity contribution in [1.29, 1.82) is 0 Å². The largest absolute Gasteiger partial charge is 0.393 e. The lowest BCUT2D eigenvalue weighted by Gasteiger charge is -2.43. The lowest BCUT2D eigenvalue weighted by atomic mass is 9.73. The number of amides is 2. The Kier molecular flexibility index (Phi) is 3.93. The molecule has 0 bridgehead atoms. The molecule has 1 heterocycles. The zero-order chi connectivity index (χ0) is 17.5. The fourth-order valence-electron chi connectivity index (χ4n) is 3.24. The first-order valence-electron chi connectivity index (χ1n) is 7.88. The van der Waals surface area contributed by atoms with E-state index in [1.165, 1.54) is 0 Å². The van der Waals surface area contributed by atoms with Crippen molar-refractivity contribution in [3.8, 4) is 5.69 Å². The second-order valence-electron chi connectivity index (χ2n) is 6.46. The van der Waals surface area contributed by atoms with Crippen LogP contribution in [0.5, 0.6) is 0 Å². The second kappa shape index (κ2) is 5.79. The lowest BCUT2D eigenvalue weighted by molar-refractivity contribution is -0.132. The predicted octanol–water partition coefficient (Wildman–Crippen LogP) is 1.20. The monoisotopic (exact) mass is 327 g/mol. The number of primary amides is 1. The summed E-state index contributed by atoms with van der Waals surface area (Å²) >= 11 is 0.